The predicted octanol–water partition coefficient (Wildman–Crippen LogP) is 1.37. The van der Waals surface area contributed by atoms with Gasteiger partial charge in [-0.15, -0.1) is 0 Å². The fourth-order valence-corrected chi connectivity index (χ4v) is 3.13. The maximum Gasteiger partial charge on any atom is 0.253 e. The molecule has 108 valence electrons. The molecule has 3 aliphatic heterocycles. The van der Waals surface area contributed by atoms with Crippen molar-refractivity contribution in [1.82, 2.24) is 10.2 Å². The van der Waals surface area contributed by atoms with Crippen molar-refractivity contribution < 1.29 is 13.6 Å². The van der Waals surface area contributed by atoms with Gasteiger partial charge in [0.15, 0.2) is 11.6 Å². The summed E-state index contributed by atoms with van der Waals surface area (Å²) < 4.78 is 26.2. The Morgan fingerprint density at radius 2 is 1.90 bits per heavy atom. The summed E-state index contributed by atoms with van der Waals surface area (Å²) in [7, 11) is 0. The van der Waals surface area contributed by atoms with Gasteiger partial charge >= 0.3 is 0 Å². The Hall–Kier alpha value is -1.69. The summed E-state index contributed by atoms with van der Waals surface area (Å²) in [5, 5.41) is 2.90. The summed E-state index contributed by atoms with van der Waals surface area (Å²) in [4.78, 5) is 14.5. The Morgan fingerprint density at radius 3 is 2.50 bits per heavy atom. The number of amides is 1. The third-order valence-corrected chi connectivity index (χ3v) is 4.31. The lowest BCUT2D eigenvalue weighted by Crippen LogP contribution is -2.57. The molecule has 3 heterocycles. The van der Waals surface area contributed by atoms with Crippen LogP contribution in [-0.4, -0.2) is 36.5 Å². The van der Waals surface area contributed by atoms with E-state index >= 15 is 0 Å². The van der Waals surface area contributed by atoms with Crippen molar-refractivity contribution in [1.29, 1.82) is 0 Å². The standard InChI is InChI=1S/C14H17F2N3O/c15-10-5-9(12(17)6-11(10)16)14(20)18-13-7-19-3-1-8(13)2-4-19/h5-6,8,13H,1-4,7,17H2,(H,18,20). The molecule has 1 amide bonds. The van der Waals surface area contributed by atoms with Crippen LogP contribution in [0, 0.1) is 17.6 Å². The smallest absolute Gasteiger partial charge is 0.253 e. The van der Waals surface area contributed by atoms with E-state index in [4.69, 9.17) is 5.73 Å². The summed E-state index contributed by atoms with van der Waals surface area (Å²) in [6.07, 6.45) is 2.14. The van der Waals surface area contributed by atoms with Gasteiger partial charge in [-0.3, -0.25) is 4.79 Å². The van der Waals surface area contributed by atoms with E-state index in [-0.39, 0.29) is 17.3 Å². The molecule has 3 fully saturated rings. The number of piperidine rings is 3. The van der Waals surface area contributed by atoms with Crippen LogP contribution < -0.4 is 11.1 Å². The summed E-state index contributed by atoms with van der Waals surface area (Å²) in [6, 6.07) is 1.78. The number of hydrogen-bond acceptors (Lipinski definition) is 3. The van der Waals surface area contributed by atoms with Crippen LogP contribution in [0.2, 0.25) is 0 Å². The minimum absolute atomic E-state index is 0.000321. The molecule has 0 saturated carbocycles. The molecule has 0 spiro atoms. The van der Waals surface area contributed by atoms with Crippen LogP contribution >= 0.6 is 0 Å². The topological polar surface area (TPSA) is 58.4 Å². The molecule has 1 atom stereocenters. The SMILES string of the molecule is Nc1cc(F)c(F)cc1C(=O)NC1CN2CCC1CC2. The average Bonchev–Trinajstić information content (AvgIpc) is 2.44. The zero-order valence-corrected chi connectivity index (χ0v) is 11.0. The van der Waals surface area contributed by atoms with Crippen molar-refractivity contribution in [2.45, 2.75) is 18.9 Å². The molecular weight excluding hydrogens is 264 g/mol. The Kier molecular flexibility index (Phi) is 3.33. The molecule has 3 aliphatic rings. The van der Waals surface area contributed by atoms with E-state index in [1.807, 2.05) is 0 Å². The number of benzene rings is 1. The number of nitrogens with two attached hydrogens (primary N) is 1. The number of anilines is 1. The van der Waals surface area contributed by atoms with E-state index < -0.39 is 17.5 Å². The maximum absolute atomic E-state index is 13.2. The lowest BCUT2D eigenvalue weighted by atomic mass is 9.84. The van der Waals surface area contributed by atoms with Gasteiger partial charge in [-0.2, -0.15) is 0 Å². The van der Waals surface area contributed by atoms with Crippen molar-refractivity contribution in [2.75, 3.05) is 25.4 Å². The van der Waals surface area contributed by atoms with E-state index in [1.54, 1.807) is 0 Å². The van der Waals surface area contributed by atoms with Crippen LogP contribution in [-0.2, 0) is 0 Å². The van der Waals surface area contributed by atoms with Crippen molar-refractivity contribution in [3.8, 4) is 0 Å². The zero-order chi connectivity index (χ0) is 14.3. The van der Waals surface area contributed by atoms with Crippen LogP contribution in [0.3, 0.4) is 0 Å². The van der Waals surface area contributed by atoms with Gasteiger partial charge in [0.25, 0.3) is 5.91 Å². The first-order chi connectivity index (χ1) is 9.54. The fourth-order valence-electron chi connectivity index (χ4n) is 3.13. The third-order valence-electron chi connectivity index (χ3n) is 4.31. The van der Waals surface area contributed by atoms with Gasteiger partial charge in [0.2, 0.25) is 0 Å². The molecule has 0 aliphatic carbocycles. The quantitative estimate of drug-likeness (QED) is 0.805. The largest absolute Gasteiger partial charge is 0.398 e. The Bertz CT molecular complexity index is 541. The summed E-state index contributed by atoms with van der Waals surface area (Å²) >= 11 is 0. The normalized spacial score (nSPS) is 28.4. The second-order valence-electron chi connectivity index (χ2n) is 5.57. The predicted molar refractivity (Wildman–Crippen MR) is 71.2 cm³/mol. The van der Waals surface area contributed by atoms with Gasteiger partial charge in [-0.25, -0.2) is 8.78 Å². The van der Waals surface area contributed by atoms with Gasteiger partial charge in [-0.1, -0.05) is 0 Å². The highest BCUT2D eigenvalue weighted by Crippen LogP contribution is 2.28. The lowest BCUT2D eigenvalue weighted by molar-refractivity contribution is 0.0620. The number of carbonyl (C=O) groups excluding carboxylic acids is 1. The number of carbonyl (C=O) groups is 1. The third kappa shape index (κ3) is 2.35. The van der Waals surface area contributed by atoms with E-state index in [9.17, 15) is 13.6 Å². The first-order valence-corrected chi connectivity index (χ1v) is 6.82. The van der Waals surface area contributed by atoms with Crippen LogP contribution in [0.1, 0.15) is 23.2 Å². The minimum atomic E-state index is -1.06. The second kappa shape index (κ2) is 5.01. The molecule has 2 bridgehead atoms. The van der Waals surface area contributed by atoms with Crippen LogP contribution in [0.25, 0.3) is 0 Å². The van der Waals surface area contributed by atoms with Gasteiger partial charge in [0.1, 0.15) is 0 Å². The highest BCUT2D eigenvalue weighted by molar-refractivity contribution is 5.99. The lowest BCUT2D eigenvalue weighted by Gasteiger charge is -2.44. The summed E-state index contributed by atoms with van der Waals surface area (Å²) in [6.45, 7) is 2.97. The average molecular weight is 281 g/mol. The molecule has 0 radical (unpaired) electrons. The minimum Gasteiger partial charge on any atom is -0.398 e. The number of nitrogens with zero attached hydrogens (tertiary/aromatic N) is 1. The highest BCUT2D eigenvalue weighted by Gasteiger charge is 2.35. The molecule has 0 aromatic heterocycles. The fraction of sp³-hybridized carbons (Fsp3) is 0.500. The van der Waals surface area contributed by atoms with E-state index in [0.717, 1.165) is 44.6 Å². The first-order valence-electron chi connectivity index (χ1n) is 6.82. The Labute approximate surface area is 115 Å². The molecular formula is C14H17F2N3O. The molecule has 6 heteroatoms. The first kappa shape index (κ1) is 13.3. The maximum atomic E-state index is 13.2. The molecule has 20 heavy (non-hydrogen) atoms. The summed E-state index contributed by atoms with van der Waals surface area (Å²) in [5.41, 5.74) is 5.56. The number of nitrogen functional groups attached to an aromatic ring is 1. The monoisotopic (exact) mass is 281 g/mol. The molecule has 3 N–H and O–H groups in total. The Balaban J connectivity index is 1.75. The number of halogens is 2. The number of nitrogens with one attached hydrogen (secondary N) is 1. The highest BCUT2D eigenvalue weighted by atomic mass is 19.2. The molecule has 1 aromatic carbocycles. The van der Waals surface area contributed by atoms with Crippen LogP contribution in [0.4, 0.5) is 14.5 Å². The molecule has 1 unspecified atom stereocenters. The van der Waals surface area contributed by atoms with Gasteiger partial charge in [-0.05, 0) is 37.9 Å². The number of fused-ring (bicyclic) bond motifs is 3. The Morgan fingerprint density at radius 1 is 1.25 bits per heavy atom. The molecule has 4 rings (SSSR count). The van der Waals surface area contributed by atoms with Crippen LogP contribution in [0.15, 0.2) is 12.1 Å². The van der Waals surface area contributed by atoms with Gasteiger partial charge in [0.05, 0.1) is 5.56 Å². The van der Waals surface area contributed by atoms with E-state index in [1.165, 1.54) is 0 Å². The summed E-state index contributed by atoms with van der Waals surface area (Å²) in [5.74, 6) is -2.06. The number of rotatable bonds is 2. The van der Waals surface area contributed by atoms with Crippen molar-refractivity contribution in [3.05, 3.63) is 29.3 Å². The van der Waals surface area contributed by atoms with Gasteiger partial charge in [0, 0.05) is 24.3 Å². The van der Waals surface area contributed by atoms with Gasteiger partial charge < -0.3 is 16.0 Å². The van der Waals surface area contributed by atoms with Crippen molar-refractivity contribution >= 4 is 11.6 Å². The molecule has 3 saturated heterocycles. The van der Waals surface area contributed by atoms with Crippen LogP contribution in [0.5, 0.6) is 0 Å². The zero-order valence-electron chi connectivity index (χ0n) is 11.0. The van der Waals surface area contributed by atoms with Crippen molar-refractivity contribution in [2.24, 2.45) is 5.92 Å². The second-order valence-corrected chi connectivity index (χ2v) is 5.57. The van der Waals surface area contributed by atoms with E-state index in [2.05, 4.69) is 10.2 Å². The van der Waals surface area contributed by atoms with E-state index in [0.29, 0.717) is 5.92 Å². The molecule has 4 nitrogen and oxygen atoms in total. The number of hydrogen-bond donors (Lipinski definition) is 2. The van der Waals surface area contributed by atoms with Crippen molar-refractivity contribution in [3.63, 3.8) is 0 Å². The molecule has 1 aromatic rings.